The fraction of sp³-hybridized carbons (Fsp3) is 0.450. The van der Waals surface area contributed by atoms with Crippen LogP contribution in [0.1, 0.15) is 49.2 Å². The zero-order chi connectivity index (χ0) is 21.7. The summed E-state index contributed by atoms with van der Waals surface area (Å²) < 4.78 is 43.1. The molecule has 0 radical (unpaired) electrons. The molecule has 0 fully saturated rings. The average molecular weight is 440 g/mol. The van der Waals surface area contributed by atoms with Crippen molar-refractivity contribution in [2.45, 2.75) is 51.4 Å². The van der Waals surface area contributed by atoms with Crippen LogP contribution in [0.15, 0.2) is 30.6 Å². The van der Waals surface area contributed by atoms with Crippen LogP contribution in [0.2, 0.25) is 0 Å². The fourth-order valence-corrected chi connectivity index (χ4v) is 3.90. The maximum atomic E-state index is 13.8. The van der Waals surface area contributed by atoms with E-state index in [0.717, 1.165) is 43.1 Å². The molecule has 10 heteroatoms. The highest BCUT2D eigenvalue weighted by Crippen LogP contribution is 2.40. The first-order valence-electron chi connectivity index (χ1n) is 9.77. The molecule has 0 aliphatic heterocycles. The quantitative estimate of drug-likeness (QED) is 0.473. The third kappa shape index (κ3) is 5.24. The first-order chi connectivity index (χ1) is 14.3. The second-order valence-electron chi connectivity index (χ2n) is 7.05. The van der Waals surface area contributed by atoms with Gasteiger partial charge in [-0.15, -0.1) is 10.2 Å². The van der Waals surface area contributed by atoms with Crippen LogP contribution in [0.25, 0.3) is 21.7 Å². The van der Waals surface area contributed by atoms with Crippen molar-refractivity contribution in [3.63, 3.8) is 0 Å². The molecule has 0 saturated carbocycles. The van der Waals surface area contributed by atoms with Crippen molar-refractivity contribution in [3.8, 4) is 21.7 Å². The number of alkyl halides is 3. The Hall–Kier alpha value is -2.30. The van der Waals surface area contributed by atoms with E-state index in [4.69, 9.17) is 10.8 Å². The molecule has 1 atom stereocenters. The summed E-state index contributed by atoms with van der Waals surface area (Å²) >= 11 is 1.07. The summed E-state index contributed by atoms with van der Waals surface area (Å²) in [4.78, 5) is 0. The number of aliphatic hydroxyl groups is 1. The van der Waals surface area contributed by atoms with E-state index in [-0.39, 0.29) is 12.2 Å². The minimum absolute atomic E-state index is 0.0721. The molecule has 162 valence electrons. The van der Waals surface area contributed by atoms with Gasteiger partial charge in [0.2, 0.25) is 0 Å². The summed E-state index contributed by atoms with van der Waals surface area (Å²) in [5, 5.41) is 21.8. The molecule has 1 unspecified atom stereocenters. The lowest BCUT2D eigenvalue weighted by atomic mass is 9.99. The van der Waals surface area contributed by atoms with E-state index in [9.17, 15) is 13.2 Å². The first-order valence-corrected chi connectivity index (χ1v) is 10.6. The molecule has 0 spiro atoms. The van der Waals surface area contributed by atoms with E-state index in [1.165, 1.54) is 12.3 Å². The summed E-state index contributed by atoms with van der Waals surface area (Å²) in [6, 6.07) is 3.38. The summed E-state index contributed by atoms with van der Waals surface area (Å²) in [5.41, 5.74) is 5.74. The van der Waals surface area contributed by atoms with Gasteiger partial charge < -0.3 is 10.8 Å². The lowest BCUT2D eigenvalue weighted by Crippen LogP contribution is -2.13. The van der Waals surface area contributed by atoms with Gasteiger partial charge in [0.15, 0.2) is 0 Å². The Bertz CT molecular complexity index is 970. The normalized spacial score (nSPS) is 13.0. The van der Waals surface area contributed by atoms with Crippen LogP contribution in [0.4, 0.5) is 13.2 Å². The average Bonchev–Trinajstić information content (AvgIpc) is 3.39. The molecule has 0 bridgehead atoms. The monoisotopic (exact) mass is 439 g/mol. The molecule has 30 heavy (non-hydrogen) atoms. The van der Waals surface area contributed by atoms with Gasteiger partial charge in [-0.1, -0.05) is 49.7 Å². The molecule has 2 heterocycles. The highest BCUT2D eigenvalue weighted by Gasteiger charge is 2.34. The number of nitrogens with zero attached hydrogens (tertiary/aromatic N) is 4. The topological polar surface area (TPSA) is 89.9 Å². The molecule has 1 aromatic carbocycles. The van der Waals surface area contributed by atoms with Crippen LogP contribution >= 0.6 is 11.3 Å². The molecule has 0 aliphatic carbocycles. The van der Waals surface area contributed by atoms with Gasteiger partial charge in [-0.2, -0.15) is 18.3 Å². The number of unbranched alkanes of at least 4 members (excludes halogenated alkanes) is 3. The molecule has 3 rings (SSSR count). The number of aryl methyl sites for hydroxylation is 1. The lowest BCUT2D eigenvalue weighted by molar-refractivity contribution is -0.137. The van der Waals surface area contributed by atoms with Gasteiger partial charge in [0.1, 0.15) is 10.0 Å². The van der Waals surface area contributed by atoms with Crippen LogP contribution in [-0.4, -0.2) is 31.7 Å². The maximum Gasteiger partial charge on any atom is 0.417 e. The lowest BCUT2D eigenvalue weighted by Gasteiger charge is -2.13. The maximum absolute atomic E-state index is 13.8. The number of benzene rings is 1. The largest absolute Gasteiger partial charge is 0.417 e. The van der Waals surface area contributed by atoms with Crippen molar-refractivity contribution in [1.82, 2.24) is 20.0 Å². The van der Waals surface area contributed by atoms with Crippen molar-refractivity contribution in [2.24, 2.45) is 5.73 Å². The smallest absolute Gasteiger partial charge is 0.394 e. The van der Waals surface area contributed by atoms with Gasteiger partial charge in [0.05, 0.1) is 24.4 Å². The molecule has 2 aromatic heterocycles. The number of hydrogen-bond acceptors (Lipinski definition) is 6. The minimum Gasteiger partial charge on any atom is -0.394 e. The van der Waals surface area contributed by atoms with Crippen LogP contribution in [-0.2, 0) is 12.7 Å². The summed E-state index contributed by atoms with van der Waals surface area (Å²) in [6.07, 6.45) is 2.84. The van der Waals surface area contributed by atoms with E-state index in [2.05, 4.69) is 22.2 Å². The Kier molecular flexibility index (Phi) is 7.22. The van der Waals surface area contributed by atoms with Crippen molar-refractivity contribution in [2.75, 3.05) is 6.61 Å². The van der Waals surface area contributed by atoms with E-state index >= 15 is 0 Å². The molecular weight excluding hydrogens is 415 g/mol. The highest BCUT2D eigenvalue weighted by molar-refractivity contribution is 7.14. The zero-order valence-electron chi connectivity index (χ0n) is 16.6. The van der Waals surface area contributed by atoms with Crippen LogP contribution in [0, 0.1) is 0 Å². The van der Waals surface area contributed by atoms with E-state index < -0.39 is 17.8 Å². The number of aromatic nitrogens is 4. The Morgan fingerprint density at radius 3 is 2.67 bits per heavy atom. The number of halogens is 3. The third-order valence-corrected chi connectivity index (χ3v) is 5.82. The molecule has 0 aliphatic rings. The summed E-state index contributed by atoms with van der Waals surface area (Å²) in [5.74, 6) is 0. The molecule has 0 amide bonds. The van der Waals surface area contributed by atoms with Gasteiger partial charge in [-0.3, -0.25) is 4.68 Å². The molecular formula is C20H24F3N5OS. The van der Waals surface area contributed by atoms with Crippen LogP contribution in [0.5, 0.6) is 0 Å². The molecule has 0 saturated heterocycles. The first kappa shape index (κ1) is 22.4. The van der Waals surface area contributed by atoms with Gasteiger partial charge in [-0.05, 0) is 18.1 Å². The SMILES string of the molecule is CCCCCCn1cc(-c2ccc(-c3nnc(C(N)CO)s3)cc2C(F)(F)F)cn1. The van der Waals surface area contributed by atoms with Crippen molar-refractivity contribution in [3.05, 3.63) is 41.2 Å². The predicted molar refractivity (Wildman–Crippen MR) is 110 cm³/mol. The third-order valence-electron chi connectivity index (χ3n) is 4.71. The van der Waals surface area contributed by atoms with Gasteiger partial charge in [0, 0.05) is 23.9 Å². The number of hydrogen-bond donors (Lipinski definition) is 2. The Balaban J connectivity index is 1.89. The molecule has 3 aromatic rings. The van der Waals surface area contributed by atoms with Crippen LogP contribution < -0.4 is 5.73 Å². The number of rotatable bonds is 9. The van der Waals surface area contributed by atoms with Gasteiger partial charge in [-0.25, -0.2) is 0 Å². The number of nitrogens with two attached hydrogens (primary N) is 1. The van der Waals surface area contributed by atoms with Gasteiger partial charge in [0.25, 0.3) is 0 Å². The zero-order valence-corrected chi connectivity index (χ0v) is 17.4. The Labute approximate surface area is 176 Å². The second-order valence-corrected chi connectivity index (χ2v) is 8.05. The van der Waals surface area contributed by atoms with Crippen molar-refractivity contribution in [1.29, 1.82) is 0 Å². The van der Waals surface area contributed by atoms with Crippen molar-refractivity contribution >= 4 is 11.3 Å². The van der Waals surface area contributed by atoms with Crippen LogP contribution in [0.3, 0.4) is 0 Å². The van der Waals surface area contributed by atoms with E-state index in [1.54, 1.807) is 16.9 Å². The van der Waals surface area contributed by atoms with E-state index in [0.29, 0.717) is 27.7 Å². The minimum atomic E-state index is -4.54. The Morgan fingerprint density at radius 1 is 1.17 bits per heavy atom. The summed E-state index contributed by atoms with van der Waals surface area (Å²) in [7, 11) is 0. The number of aliphatic hydroxyl groups excluding tert-OH is 1. The second kappa shape index (κ2) is 9.67. The standard InChI is InChI=1S/C20H24F3N5OS/c1-2-3-4-5-8-28-11-14(10-25-28)15-7-6-13(9-16(15)20(21,22)23)18-26-27-19(30-18)17(24)12-29/h6-7,9-11,17,29H,2-5,8,12,24H2,1H3. The fourth-order valence-electron chi connectivity index (χ4n) is 3.07. The van der Waals surface area contributed by atoms with Gasteiger partial charge >= 0.3 is 6.18 Å². The summed E-state index contributed by atoms with van der Waals surface area (Å²) in [6.45, 7) is 2.49. The predicted octanol–water partition coefficient (Wildman–Crippen LogP) is 4.66. The molecule has 6 nitrogen and oxygen atoms in total. The highest BCUT2D eigenvalue weighted by atomic mass is 32.1. The van der Waals surface area contributed by atoms with Crippen molar-refractivity contribution < 1.29 is 18.3 Å². The van der Waals surface area contributed by atoms with E-state index in [1.807, 2.05) is 0 Å². The Morgan fingerprint density at radius 2 is 1.97 bits per heavy atom. The molecule has 3 N–H and O–H groups in total.